The Hall–Kier alpha value is -2.15. The quantitative estimate of drug-likeness (QED) is 0.737. The zero-order valence-electron chi connectivity index (χ0n) is 8.77. The van der Waals surface area contributed by atoms with Gasteiger partial charge in [-0.1, -0.05) is 11.3 Å². The van der Waals surface area contributed by atoms with Crippen molar-refractivity contribution in [1.82, 2.24) is 9.97 Å². The lowest BCUT2D eigenvalue weighted by molar-refractivity contribution is 0.1000. The van der Waals surface area contributed by atoms with Crippen LogP contribution in [0.15, 0.2) is 28.5 Å². The molecule has 0 unspecified atom stereocenters. The molecule has 2 rings (SSSR count). The highest BCUT2D eigenvalue weighted by atomic mass is 32.1. The molecular weight excluding hydrogens is 240 g/mol. The number of anilines is 1. The number of nitrogens with one attached hydrogen (secondary N) is 2. The highest BCUT2D eigenvalue weighted by Gasteiger charge is 2.01. The van der Waals surface area contributed by atoms with Gasteiger partial charge in [-0.25, -0.2) is 4.98 Å². The van der Waals surface area contributed by atoms with E-state index in [1.54, 1.807) is 17.5 Å². The monoisotopic (exact) mass is 250 g/mol. The lowest BCUT2D eigenvalue weighted by Gasteiger charge is -2.03. The van der Waals surface area contributed by atoms with Gasteiger partial charge in [-0.3, -0.25) is 9.59 Å². The minimum absolute atomic E-state index is 0.0844. The SMILES string of the molecule is NC(=O)c1ccc(NCc2csc(=O)[nH]2)nc1. The van der Waals surface area contributed by atoms with E-state index in [1.165, 1.54) is 6.20 Å². The number of rotatable bonds is 4. The Bertz CT molecular complexity index is 572. The van der Waals surface area contributed by atoms with Crippen LogP contribution in [0.1, 0.15) is 16.1 Å². The van der Waals surface area contributed by atoms with Crippen molar-refractivity contribution in [2.24, 2.45) is 5.73 Å². The number of nitrogens with zero attached hydrogens (tertiary/aromatic N) is 1. The number of carbonyl (C=O) groups excluding carboxylic acids is 1. The summed E-state index contributed by atoms with van der Waals surface area (Å²) in [6.45, 7) is 0.474. The van der Waals surface area contributed by atoms with Crippen molar-refractivity contribution in [2.75, 3.05) is 5.32 Å². The molecule has 7 heteroatoms. The van der Waals surface area contributed by atoms with Gasteiger partial charge in [-0.2, -0.15) is 0 Å². The van der Waals surface area contributed by atoms with E-state index in [2.05, 4.69) is 15.3 Å². The molecule has 0 radical (unpaired) electrons. The Morgan fingerprint density at radius 1 is 1.53 bits per heavy atom. The maximum Gasteiger partial charge on any atom is 0.304 e. The van der Waals surface area contributed by atoms with Crippen molar-refractivity contribution in [3.8, 4) is 0 Å². The third-order valence-corrected chi connectivity index (χ3v) is 2.80. The first kappa shape index (κ1) is 11.3. The second-order valence-electron chi connectivity index (χ2n) is 3.32. The molecule has 2 heterocycles. The number of aromatic amines is 1. The van der Waals surface area contributed by atoms with Crippen LogP contribution in [0.25, 0.3) is 0 Å². The van der Waals surface area contributed by atoms with E-state index in [-0.39, 0.29) is 4.87 Å². The van der Waals surface area contributed by atoms with Crippen molar-refractivity contribution >= 4 is 23.1 Å². The summed E-state index contributed by atoms with van der Waals surface area (Å²) in [5, 5.41) is 4.76. The standard InChI is InChI=1S/C10H10N4O2S/c11-9(15)6-1-2-8(12-3-6)13-4-7-5-17-10(16)14-7/h1-3,5H,4H2,(H2,11,15)(H,12,13)(H,14,16). The van der Waals surface area contributed by atoms with Gasteiger partial charge in [-0.05, 0) is 12.1 Å². The van der Waals surface area contributed by atoms with Crippen LogP contribution < -0.4 is 15.9 Å². The van der Waals surface area contributed by atoms with Crippen LogP contribution in [0.4, 0.5) is 5.82 Å². The number of amides is 1. The largest absolute Gasteiger partial charge is 0.366 e. The molecule has 0 aliphatic rings. The Morgan fingerprint density at radius 3 is 2.88 bits per heavy atom. The lowest BCUT2D eigenvalue weighted by atomic mass is 10.3. The van der Waals surface area contributed by atoms with Crippen LogP contribution >= 0.6 is 11.3 Å². The number of primary amides is 1. The summed E-state index contributed by atoms with van der Waals surface area (Å²) in [5.74, 6) is 0.105. The summed E-state index contributed by atoms with van der Waals surface area (Å²) in [6, 6.07) is 3.25. The number of H-pyrrole nitrogens is 1. The zero-order valence-corrected chi connectivity index (χ0v) is 9.58. The van der Waals surface area contributed by atoms with Crippen LogP contribution in [-0.2, 0) is 6.54 Å². The van der Waals surface area contributed by atoms with Gasteiger partial charge in [-0.15, -0.1) is 0 Å². The normalized spacial score (nSPS) is 10.1. The fourth-order valence-electron chi connectivity index (χ4n) is 1.23. The number of thiazole rings is 1. The molecule has 2 aromatic rings. The minimum atomic E-state index is -0.508. The molecular formula is C10H10N4O2S. The van der Waals surface area contributed by atoms with E-state index < -0.39 is 5.91 Å². The molecule has 0 aliphatic heterocycles. The predicted molar refractivity (Wildman–Crippen MR) is 65.0 cm³/mol. The van der Waals surface area contributed by atoms with Crippen LogP contribution in [0, 0.1) is 0 Å². The van der Waals surface area contributed by atoms with Gasteiger partial charge in [0.2, 0.25) is 5.91 Å². The lowest BCUT2D eigenvalue weighted by Crippen LogP contribution is -2.11. The number of nitrogens with two attached hydrogens (primary N) is 1. The van der Waals surface area contributed by atoms with E-state index in [0.29, 0.717) is 17.9 Å². The molecule has 4 N–H and O–H groups in total. The molecule has 0 aliphatic carbocycles. The van der Waals surface area contributed by atoms with E-state index in [1.807, 2.05) is 0 Å². The van der Waals surface area contributed by atoms with Crippen LogP contribution in [0.3, 0.4) is 0 Å². The fourth-order valence-corrected chi connectivity index (χ4v) is 1.81. The molecule has 0 saturated heterocycles. The third kappa shape index (κ3) is 2.91. The maximum atomic E-state index is 10.9. The van der Waals surface area contributed by atoms with Crippen molar-refractivity contribution < 1.29 is 4.79 Å². The summed E-state index contributed by atoms with van der Waals surface area (Å²) in [5.41, 5.74) is 6.25. The fraction of sp³-hybridized carbons (Fsp3) is 0.100. The molecule has 6 nitrogen and oxygen atoms in total. The average molecular weight is 250 g/mol. The van der Waals surface area contributed by atoms with Crippen molar-refractivity contribution in [3.63, 3.8) is 0 Å². The Balaban J connectivity index is 2.00. The number of hydrogen-bond donors (Lipinski definition) is 3. The van der Waals surface area contributed by atoms with Gasteiger partial charge in [0.25, 0.3) is 0 Å². The molecule has 0 bridgehead atoms. The zero-order chi connectivity index (χ0) is 12.3. The molecule has 17 heavy (non-hydrogen) atoms. The molecule has 88 valence electrons. The average Bonchev–Trinajstić information content (AvgIpc) is 2.73. The summed E-state index contributed by atoms with van der Waals surface area (Å²) < 4.78 is 0. The Kier molecular flexibility index (Phi) is 3.20. The number of carbonyl (C=O) groups is 1. The van der Waals surface area contributed by atoms with Gasteiger partial charge < -0.3 is 16.0 Å². The molecule has 0 spiro atoms. The van der Waals surface area contributed by atoms with Crippen LogP contribution in [0.5, 0.6) is 0 Å². The first-order valence-electron chi connectivity index (χ1n) is 4.81. The van der Waals surface area contributed by atoms with Crippen LogP contribution in [-0.4, -0.2) is 15.9 Å². The second-order valence-corrected chi connectivity index (χ2v) is 4.17. The highest BCUT2D eigenvalue weighted by Crippen LogP contribution is 2.06. The first-order valence-corrected chi connectivity index (χ1v) is 5.69. The number of aromatic nitrogens is 2. The van der Waals surface area contributed by atoms with Gasteiger partial charge in [0.05, 0.1) is 12.1 Å². The Morgan fingerprint density at radius 2 is 2.35 bits per heavy atom. The minimum Gasteiger partial charge on any atom is -0.366 e. The second kappa shape index (κ2) is 4.79. The van der Waals surface area contributed by atoms with Gasteiger partial charge in [0, 0.05) is 17.3 Å². The van der Waals surface area contributed by atoms with Gasteiger partial charge >= 0.3 is 4.87 Å². The maximum absolute atomic E-state index is 10.9. The molecule has 0 atom stereocenters. The Labute approximate surface area is 101 Å². The molecule has 0 fully saturated rings. The van der Waals surface area contributed by atoms with Crippen molar-refractivity contribution in [3.05, 3.63) is 44.6 Å². The summed E-state index contributed by atoms with van der Waals surface area (Å²) >= 11 is 1.11. The topological polar surface area (TPSA) is 101 Å². The van der Waals surface area contributed by atoms with Gasteiger partial charge in [0.15, 0.2) is 0 Å². The molecule has 0 saturated carbocycles. The third-order valence-electron chi connectivity index (χ3n) is 2.08. The summed E-state index contributed by atoms with van der Waals surface area (Å²) in [6.07, 6.45) is 1.40. The van der Waals surface area contributed by atoms with E-state index in [4.69, 9.17) is 5.73 Å². The summed E-state index contributed by atoms with van der Waals surface area (Å²) in [7, 11) is 0. The first-order chi connectivity index (χ1) is 8.15. The van der Waals surface area contributed by atoms with E-state index in [0.717, 1.165) is 17.0 Å². The number of pyridine rings is 1. The van der Waals surface area contributed by atoms with Crippen LogP contribution in [0.2, 0.25) is 0 Å². The molecule has 0 aromatic carbocycles. The van der Waals surface area contributed by atoms with Crippen molar-refractivity contribution in [1.29, 1.82) is 0 Å². The van der Waals surface area contributed by atoms with E-state index >= 15 is 0 Å². The van der Waals surface area contributed by atoms with Gasteiger partial charge in [0.1, 0.15) is 5.82 Å². The van der Waals surface area contributed by atoms with Crippen molar-refractivity contribution in [2.45, 2.75) is 6.54 Å². The summed E-state index contributed by atoms with van der Waals surface area (Å²) in [4.78, 5) is 28.3. The molecule has 2 aromatic heterocycles. The van der Waals surface area contributed by atoms with E-state index in [9.17, 15) is 9.59 Å². The molecule has 1 amide bonds. The smallest absolute Gasteiger partial charge is 0.304 e. The number of hydrogen-bond acceptors (Lipinski definition) is 5. The predicted octanol–water partition coefficient (Wildman–Crippen LogP) is 0.542. The highest BCUT2D eigenvalue weighted by molar-refractivity contribution is 7.07.